The molecule has 40 heavy (non-hydrogen) atoms. The lowest BCUT2D eigenvalue weighted by molar-refractivity contribution is -2.00. The van der Waals surface area contributed by atoms with E-state index in [-0.39, 0.29) is 0 Å². The summed E-state index contributed by atoms with van der Waals surface area (Å²) in [5.41, 5.74) is 4.32. The smallest absolute Gasteiger partial charge is 0.360 e. The first kappa shape index (κ1) is 28.9. The molecule has 0 saturated carbocycles. The fraction of sp³-hybridized carbons (Fsp3) is 0.296. The van der Waals surface area contributed by atoms with Crippen LogP contribution in [0.4, 0.5) is 5.13 Å². The van der Waals surface area contributed by atoms with Gasteiger partial charge in [-0.15, -0.1) is 10.2 Å². The molecule has 13 heteroatoms. The number of ether oxygens (including phenoxy) is 2. The highest BCUT2D eigenvalue weighted by molar-refractivity contribution is 8.18. The van der Waals surface area contributed by atoms with Crippen LogP contribution in [0.1, 0.15) is 10.4 Å². The number of amidine groups is 1. The Kier molecular flexibility index (Phi) is 9.63. The molecular formula is C27H27ClN4O6S2. The van der Waals surface area contributed by atoms with Gasteiger partial charge in [-0.05, 0) is 11.1 Å². The van der Waals surface area contributed by atoms with Crippen molar-refractivity contribution in [3.05, 3.63) is 76.0 Å². The Morgan fingerprint density at radius 2 is 1.40 bits per heavy atom. The summed E-state index contributed by atoms with van der Waals surface area (Å²) in [5.74, 6) is 0. The lowest BCUT2D eigenvalue weighted by atomic mass is 10.1. The zero-order valence-corrected chi connectivity index (χ0v) is 23.8. The number of anilines is 1. The average Bonchev–Trinajstić information content (AvgIpc) is 3.59. The molecule has 0 radical (unpaired) electrons. The number of rotatable bonds is 4. The summed E-state index contributed by atoms with van der Waals surface area (Å²) < 4.78 is 47.4. The first-order valence-corrected chi connectivity index (χ1v) is 15.5. The Bertz CT molecular complexity index is 1370. The molecule has 2 saturated heterocycles. The SMILES string of the molecule is C(=C1/SC(=[N+]2CCOCC2)N=C1c1ccccc1)/c1sc(N2CCOCC2)nc1-c1ccccc1.[O-][Cl+3]([O-])([O-])[O-]. The van der Waals surface area contributed by atoms with Crippen LogP contribution in [-0.2, 0) is 9.47 Å². The molecular weight excluding hydrogens is 576 g/mol. The van der Waals surface area contributed by atoms with Crippen molar-refractivity contribution in [2.75, 3.05) is 57.5 Å². The molecule has 10 nitrogen and oxygen atoms in total. The third-order valence-corrected chi connectivity index (χ3v) is 8.33. The summed E-state index contributed by atoms with van der Waals surface area (Å²) in [4.78, 5) is 14.9. The lowest BCUT2D eigenvalue weighted by Crippen LogP contribution is -2.68. The highest BCUT2D eigenvalue weighted by Gasteiger charge is 2.33. The third kappa shape index (κ3) is 7.75. The molecule has 3 aliphatic heterocycles. The molecule has 210 valence electrons. The summed E-state index contributed by atoms with van der Waals surface area (Å²) in [6.45, 7) is 6.47. The van der Waals surface area contributed by atoms with Crippen LogP contribution >= 0.6 is 23.1 Å². The van der Waals surface area contributed by atoms with Crippen LogP contribution in [0.15, 0.2) is 70.6 Å². The van der Waals surface area contributed by atoms with E-state index in [1.807, 2.05) is 12.1 Å². The van der Waals surface area contributed by atoms with Crippen LogP contribution in [0.3, 0.4) is 0 Å². The third-order valence-electron chi connectivity index (χ3n) is 6.20. The number of aliphatic imine (C=N–C) groups is 1. The number of hydrogen-bond donors (Lipinski definition) is 0. The average molecular weight is 603 g/mol. The Balaban J connectivity index is 0.000000595. The maximum Gasteiger partial charge on any atom is 0.360 e. The van der Waals surface area contributed by atoms with Crippen molar-refractivity contribution in [3.8, 4) is 11.3 Å². The summed E-state index contributed by atoms with van der Waals surface area (Å²) in [6.07, 6.45) is 2.29. The first-order valence-electron chi connectivity index (χ1n) is 12.6. The van der Waals surface area contributed by atoms with Crippen molar-refractivity contribution in [1.82, 2.24) is 4.98 Å². The van der Waals surface area contributed by atoms with E-state index in [4.69, 9.17) is 38.1 Å². The van der Waals surface area contributed by atoms with Gasteiger partial charge in [0.25, 0.3) is 0 Å². The largest absolute Gasteiger partial charge is 0.378 e. The molecule has 3 aliphatic rings. The number of thioether (sulfide) groups is 1. The zero-order chi connectivity index (χ0) is 28.0. The quantitative estimate of drug-likeness (QED) is 0.373. The molecule has 6 rings (SSSR count). The number of hydrogen-bond acceptors (Lipinski definition) is 10. The van der Waals surface area contributed by atoms with Gasteiger partial charge in [0.2, 0.25) is 0 Å². The maximum absolute atomic E-state index is 8.49. The van der Waals surface area contributed by atoms with Crippen molar-refractivity contribution in [2.24, 2.45) is 4.99 Å². The molecule has 0 spiro atoms. The fourth-order valence-corrected chi connectivity index (χ4v) is 6.58. The molecule has 3 aromatic rings. The predicted molar refractivity (Wildman–Crippen MR) is 145 cm³/mol. The van der Waals surface area contributed by atoms with E-state index in [0.29, 0.717) is 0 Å². The summed E-state index contributed by atoms with van der Waals surface area (Å²) in [6, 6.07) is 21.0. The van der Waals surface area contributed by atoms with Crippen molar-refractivity contribution < 1.29 is 42.9 Å². The van der Waals surface area contributed by atoms with E-state index in [1.165, 1.54) is 0 Å². The van der Waals surface area contributed by atoms with E-state index < -0.39 is 10.2 Å². The van der Waals surface area contributed by atoms with Gasteiger partial charge in [-0.25, -0.2) is 28.2 Å². The van der Waals surface area contributed by atoms with Gasteiger partial charge in [-0.2, -0.15) is 0 Å². The molecule has 4 heterocycles. The van der Waals surface area contributed by atoms with E-state index in [9.17, 15) is 0 Å². The van der Waals surface area contributed by atoms with Crippen LogP contribution < -0.4 is 23.5 Å². The molecule has 0 N–H and O–H groups in total. The van der Waals surface area contributed by atoms with Crippen molar-refractivity contribution >= 4 is 45.2 Å². The standard InChI is InChI=1S/C27H27N4O2S2.ClHO4/c1-3-7-20(8-4-1)24-22(34-26(28-24)30-11-15-32-16-12-30)19-23-25(21-9-5-2-6-10-21)29-27(35-23)31-13-17-33-18-14-31;2-1(3,4)5/h1-10,19H,11-18H2;(H,2,3,4,5)/q+1;/p-1. The molecule has 0 bridgehead atoms. The summed E-state index contributed by atoms with van der Waals surface area (Å²) in [5, 5.41) is 2.11. The van der Waals surface area contributed by atoms with E-state index in [0.717, 1.165) is 95.2 Å². The van der Waals surface area contributed by atoms with E-state index in [2.05, 4.69) is 64.1 Å². The van der Waals surface area contributed by atoms with Crippen molar-refractivity contribution in [2.45, 2.75) is 0 Å². The molecule has 0 unspecified atom stereocenters. The number of benzene rings is 2. The van der Waals surface area contributed by atoms with Crippen LogP contribution in [0.25, 0.3) is 17.3 Å². The monoisotopic (exact) mass is 602 g/mol. The second-order valence-corrected chi connectivity index (χ2v) is 11.6. The van der Waals surface area contributed by atoms with Crippen LogP contribution in [0, 0.1) is 10.2 Å². The first-order chi connectivity index (χ1) is 19.3. The molecule has 0 atom stereocenters. The Morgan fingerprint density at radius 1 is 0.825 bits per heavy atom. The number of nitrogens with zero attached hydrogens (tertiary/aromatic N) is 4. The topological polar surface area (TPSA) is 142 Å². The number of allylic oxidation sites excluding steroid dienone is 1. The fourth-order valence-electron chi connectivity index (χ4n) is 4.34. The molecule has 0 aliphatic carbocycles. The minimum atomic E-state index is -4.94. The minimum absolute atomic E-state index is 0.745. The highest BCUT2D eigenvalue weighted by Crippen LogP contribution is 2.39. The zero-order valence-electron chi connectivity index (χ0n) is 21.4. The lowest BCUT2D eigenvalue weighted by Gasteiger charge is -2.26. The predicted octanol–water partition coefficient (Wildman–Crippen LogP) is -0.134. The Labute approximate surface area is 242 Å². The van der Waals surface area contributed by atoms with E-state index in [1.54, 1.807) is 23.1 Å². The second kappa shape index (κ2) is 13.3. The van der Waals surface area contributed by atoms with Gasteiger partial charge in [-0.1, -0.05) is 72.0 Å². The van der Waals surface area contributed by atoms with Gasteiger partial charge >= 0.3 is 5.17 Å². The van der Waals surface area contributed by atoms with Gasteiger partial charge in [-0.3, -0.25) is 0 Å². The van der Waals surface area contributed by atoms with Crippen LogP contribution in [0.2, 0.25) is 0 Å². The van der Waals surface area contributed by atoms with Gasteiger partial charge < -0.3 is 14.4 Å². The van der Waals surface area contributed by atoms with Crippen LogP contribution in [-0.4, -0.2) is 73.0 Å². The number of morpholine rings is 2. The van der Waals surface area contributed by atoms with Gasteiger partial charge in [0.05, 0.1) is 41.9 Å². The Hall–Kier alpha value is -2.65. The normalized spacial score (nSPS) is 18.9. The van der Waals surface area contributed by atoms with E-state index >= 15 is 0 Å². The number of halogens is 1. The minimum Gasteiger partial charge on any atom is -0.378 e. The summed E-state index contributed by atoms with van der Waals surface area (Å²) in [7, 11) is -4.94. The molecule has 0 amide bonds. The van der Waals surface area contributed by atoms with Crippen molar-refractivity contribution in [1.29, 1.82) is 0 Å². The van der Waals surface area contributed by atoms with Gasteiger partial charge in [0.15, 0.2) is 10.8 Å². The molecule has 2 fully saturated rings. The Morgan fingerprint density at radius 3 is 2.02 bits per heavy atom. The van der Waals surface area contributed by atoms with Crippen molar-refractivity contribution in [3.63, 3.8) is 0 Å². The summed E-state index contributed by atoms with van der Waals surface area (Å²) >= 11 is 3.51. The second-order valence-electron chi connectivity index (χ2n) is 8.87. The number of aromatic nitrogens is 1. The van der Waals surface area contributed by atoms with Gasteiger partial charge in [0.1, 0.15) is 13.1 Å². The molecule has 2 aromatic carbocycles. The maximum atomic E-state index is 8.49. The highest BCUT2D eigenvalue weighted by atomic mass is 35.7. The molecule has 1 aromatic heterocycles. The van der Waals surface area contributed by atoms with Crippen LogP contribution in [0.5, 0.6) is 0 Å². The number of thiazole rings is 1. The van der Waals surface area contributed by atoms with Gasteiger partial charge in [0, 0.05) is 36.0 Å².